The van der Waals surface area contributed by atoms with Gasteiger partial charge in [-0.05, 0) is 43.5 Å². The summed E-state index contributed by atoms with van der Waals surface area (Å²) in [7, 11) is 0. The van der Waals surface area contributed by atoms with Crippen molar-refractivity contribution in [2.45, 2.75) is 19.3 Å². The first-order valence-electron chi connectivity index (χ1n) is 8.07. The van der Waals surface area contributed by atoms with Gasteiger partial charge in [-0.1, -0.05) is 0 Å². The van der Waals surface area contributed by atoms with Gasteiger partial charge in [-0.2, -0.15) is 0 Å². The number of aromatic amines is 1. The van der Waals surface area contributed by atoms with E-state index in [4.69, 9.17) is 5.11 Å². The van der Waals surface area contributed by atoms with Crippen molar-refractivity contribution in [3.8, 4) is 0 Å². The van der Waals surface area contributed by atoms with Crippen LogP contribution < -0.4 is 0 Å². The van der Waals surface area contributed by atoms with Crippen LogP contribution in [0.25, 0.3) is 21.8 Å². The first-order chi connectivity index (χ1) is 11.6. The minimum atomic E-state index is -1.06. The number of likely N-dealkylation sites (tertiary alicyclic amines) is 1. The van der Waals surface area contributed by atoms with Crippen molar-refractivity contribution in [3.05, 3.63) is 41.7 Å². The Morgan fingerprint density at radius 3 is 2.54 bits per heavy atom. The standard InChI is InChI=1S/C18H17N3O3/c22-17(21-6-2-1-3-7-21)11-4-5-14-12(8-11)13-9-15(18(23)24)19-10-16(13)20-14/h4-5,8-10,20H,1-3,6-7H2,(H,23,24). The molecule has 2 N–H and O–H groups in total. The molecule has 6 heteroatoms. The van der Waals surface area contributed by atoms with Gasteiger partial charge in [-0.3, -0.25) is 4.79 Å². The molecule has 3 heterocycles. The zero-order valence-corrected chi connectivity index (χ0v) is 13.1. The van der Waals surface area contributed by atoms with Crippen LogP contribution in [0.2, 0.25) is 0 Å². The van der Waals surface area contributed by atoms with Crippen molar-refractivity contribution >= 4 is 33.7 Å². The van der Waals surface area contributed by atoms with Crippen molar-refractivity contribution in [2.75, 3.05) is 13.1 Å². The van der Waals surface area contributed by atoms with Crippen LogP contribution in [-0.2, 0) is 0 Å². The molecule has 0 bridgehead atoms. The third kappa shape index (κ3) is 2.40. The Kier molecular flexibility index (Phi) is 3.45. The molecule has 0 radical (unpaired) electrons. The molecule has 1 saturated heterocycles. The largest absolute Gasteiger partial charge is 0.477 e. The summed E-state index contributed by atoms with van der Waals surface area (Å²) in [6.45, 7) is 1.61. The van der Waals surface area contributed by atoms with Gasteiger partial charge in [0.2, 0.25) is 0 Å². The normalized spacial score (nSPS) is 15.1. The van der Waals surface area contributed by atoms with E-state index < -0.39 is 5.97 Å². The number of hydrogen-bond donors (Lipinski definition) is 2. The summed E-state index contributed by atoms with van der Waals surface area (Å²) in [6.07, 6.45) is 4.80. The SMILES string of the molecule is O=C(O)c1cc2c(cn1)[nH]c1ccc(C(=O)N3CCCCC3)cc12. The number of carboxylic acids is 1. The number of rotatable bonds is 2. The van der Waals surface area contributed by atoms with Gasteiger partial charge in [0.25, 0.3) is 5.91 Å². The second kappa shape index (κ2) is 5.63. The molecule has 1 fully saturated rings. The van der Waals surface area contributed by atoms with Gasteiger partial charge in [-0.15, -0.1) is 0 Å². The lowest BCUT2D eigenvalue weighted by atomic mass is 10.1. The predicted octanol–water partition coefficient (Wildman–Crippen LogP) is 3.04. The van der Waals surface area contributed by atoms with E-state index in [9.17, 15) is 9.59 Å². The Bertz CT molecular complexity index is 955. The summed E-state index contributed by atoms with van der Waals surface area (Å²) < 4.78 is 0. The number of pyridine rings is 1. The number of piperidine rings is 1. The van der Waals surface area contributed by atoms with E-state index >= 15 is 0 Å². The van der Waals surface area contributed by atoms with Crippen LogP contribution in [0, 0.1) is 0 Å². The fraction of sp³-hybridized carbons (Fsp3) is 0.278. The van der Waals surface area contributed by atoms with E-state index in [1.807, 2.05) is 23.1 Å². The highest BCUT2D eigenvalue weighted by atomic mass is 16.4. The maximum absolute atomic E-state index is 12.7. The summed E-state index contributed by atoms with van der Waals surface area (Å²) in [5.41, 5.74) is 2.26. The molecule has 4 rings (SSSR count). The molecule has 2 aromatic heterocycles. The molecule has 6 nitrogen and oxygen atoms in total. The minimum absolute atomic E-state index is 0.00356. The molecular weight excluding hydrogens is 306 g/mol. The maximum Gasteiger partial charge on any atom is 0.354 e. The summed E-state index contributed by atoms with van der Waals surface area (Å²) in [5.74, 6) is -1.02. The molecule has 1 amide bonds. The molecule has 122 valence electrons. The monoisotopic (exact) mass is 323 g/mol. The fourth-order valence-electron chi connectivity index (χ4n) is 3.33. The Morgan fingerprint density at radius 1 is 1.04 bits per heavy atom. The van der Waals surface area contributed by atoms with E-state index in [0.29, 0.717) is 5.56 Å². The number of carbonyl (C=O) groups excluding carboxylic acids is 1. The minimum Gasteiger partial charge on any atom is -0.477 e. The van der Waals surface area contributed by atoms with Crippen molar-refractivity contribution in [1.29, 1.82) is 0 Å². The lowest BCUT2D eigenvalue weighted by Gasteiger charge is -2.26. The van der Waals surface area contributed by atoms with Crippen LogP contribution in [0.5, 0.6) is 0 Å². The molecule has 3 aromatic rings. The average molecular weight is 323 g/mol. The smallest absolute Gasteiger partial charge is 0.354 e. The van der Waals surface area contributed by atoms with E-state index in [1.165, 1.54) is 12.6 Å². The molecule has 1 aliphatic heterocycles. The maximum atomic E-state index is 12.7. The number of aromatic nitrogens is 2. The molecule has 0 unspecified atom stereocenters. The lowest BCUT2D eigenvalue weighted by Crippen LogP contribution is -2.35. The molecule has 0 atom stereocenters. The van der Waals surface area contributed by atoms with Crippen LogP contribution in [-0.4, -0.2) is 44.9 Å². The van der Waals surface area contributed by atoms with Crippen LogP contribution >= 0.6 is 0 Å². The molecule has 0 saturated carbocycles. The highest BCUT2D eigenvalue weighted by Gasteiger charge is 2.19. The summed E-state index contributed by atoms with van der Waals surface area (Å²) in [5, 5.41) is 10.7. The number of hydrogen-bond acceptors (Lipinski definition) is 3. The lowest BCUT2D eigenvalue weighted by molar-refractivity contribution is 0.0688. The molecule has 0 spiro atoms. The van der Waals surface area contributed by atoms with Gasteiger partial charge in [0.1, 0.15) is 5.69 Å². The number of nitrogens with one attached hydrogen (secondary N) is 1. The summed E-state index contributed by atoms with van der Waals surface area (Å²) in [4.78, 5) is 32.9. The van der Waals surface area contributed by atoms with Crippen LogP contribution in [0.3, 0.4) is 0 Å². The molecule has 24 heavy (non-hydrogen) atoms. The van der Waals surface area contributed by atoms with E-state index in [0.717, 1.165) is 47.7 Å². The number of nitrogens with zero attached hydrogens (tertiary/aromatic N) is 2. The zero-order chi connectivity index (χ0) is 16.7. The van der Waals surface area contributed by atoms with Gasteiger partial charge in [0.05, 0.1) is 11.7 Å². The highest BCUT2D eigenvalue weighted by molar-refractivity contribution is 6.11. The Labute approximate surface area is 138 Å². The topological polar surface area (TPSA) is 86.3 Å². The number of aromatic carboxylic acids is 1. The third-order valence-corrected chi connectivity index (χ3v) is 4.59. The fourth-order valence-corrected chi connectivity index (χ4v) is 3.33. The molecule has 1 aliphatic rings. The van der Waals surface area contributed by atoms with Gasteiger partial charge >= 0.3 is 5.97 Å². The summed E-state index contributed by atoms with van der Waals surface area (Å²) >= 11 is 0. The van der Waals surface area contributed by atoms with Crippen LogP contribution in [0.4, 0.5) is 0 Å². The van der Waals surface area contributed by atoms with Gasteiger partial charge in [0.15, 0.2) is 0 Å². The first kappa shape index (κ1) is 14.7. The second-order valence-corrected chi connectivity index (χ2v) is 6.16. The van der Waals surface area contributed by atoms with Crippen molar-refractivity contribution in [3.63, 3.8) is 0 Å². The van der Waals surface area contributed by atoms with Gasteiger partial charge < -0.3 is 15.0 Å². The molecular formula is C18H17N3O3. The quantitative estimate of drug-likeness (QED) is 0.759. The number of fused-ring (bicyclic) bond motifs is 3. The Morgan fingerprint density at radius 2 is 1.79 bits per heavy atom. The third-order valence-electron chi connectivity index (χ3n) is 4.59. The number of benzene rings is 1. The van der Waals surface area contributed by atoms with Crippen LogP contribution in [0.1, 0.15) is 40.1 Å². The van der Waals surface area contributed by atoms with Crippen molar-refractivity contribution < 1.29 is 14.7 Å². The second-order valence-electron chi connectivity index (χ2n) is 6.16. The molecule has 0 aliphatic carbocycles. The van der Waals surface area contributed by atoms with E-state index in [-0.39, 0.29) is 11.6 Å². The van der Waals surface area contributed by atoms with E-state index in [2.05, 4.69) is 9.97 Å². The zero-order valence-electron chi connectivity index (χ0n) is 13.1. The van der Waals surface area contributed by atoms with E-state index in [1.54, 1.807) is 6.07 Å². The Balaban J connectivity index is 1.80. The van der Waals surface area contributed by atoms with Crippen molar-refractivity contribution in [1.82, 2.24) is 14.9 Å². The summed E-state index contributed by atoms with van der Waals surface area (Å²) in [6, 6.07) is 7.08. The van der Waals surface area contributed by atoms with Crippen molar-refractivity contribution in [2.24, 2.45) is 0 Å². The van der Waals surface area contributed by atoms with Gasteiger partial charge in [0, 0.05) is 34.9 Å². The average Bonchev–Trinajstić information content (AvgIpc) is 2.98. The van der Waals surface area contributed by atoms with Gasteiger partial charge in [-0.25, -0.2) is 9.78 Å². The number of amides is 1. The highest BCUT2D eigenvalue weighted by Crippen LogP contribution is 2.27. The number of carboxylic acid groups (broad SMARTS) is 1. The predicted molar refractivity (Wildman–Crippen MR) is 90.3 cm³/mol. The number of H-pyrrole nitrogens is 1. The Hall–Kier alpha value is -2.89. The molecule has 1 aromatic carbocycles. The first-order valence-corrected chi connectivity index (χ1v) is 8.07. The van der Waals surface area contributed by atoms with Crippen LogP contribution in [0.15, 0.2) is 30.5 Å². The number of carbonyl (C=O) groups is 2.